The number of aromatic nitrogens is 1. The van der Waals surface area contributed by atoms with E-state index in [-0.39, 0.29) is 24.4 Å². The molecule has 4 nitrogen and oxygen atoms in total. The summed E-state index contributed by atoms with van der Waals surface area (Å²) in [6.45, 7) is 3.98. The van der Waals surface area contributed by atoms with Gasteiger partial charge in [-0.25, -0.2) is 9.37 Å². The summed E-state index contributed by atoms with van der Waals surface area (Å²) in [5.41, 5.74) is 3.17. The van der Waals surface area contributed by atoms with Gasteiger partial charge in [0.05, 0.1) is 24.4 Å². The van der Waals surface area contributed by atoms with Gasteiger partial charge in [-0.3, -0.25) is 0 Å². The Morgan fingerprint density at radius 2 is 1.86 bits per heavy atom. The van der Waals surface area contributed by atoms with Gasteiger partial charge in [0.2, 0.25) is 0 Å². The lowest BCUT2D eigenvalue weighted by Gasteiger charge is -2.52. The van der Waals surface area contributed by atoms with E-state index >= 15 is 0 Å². The van der Waals surface area contributed by atoms with Crippen molar-refractivity contribution in [1.82, 2.24) is 4.98 Å². The number of rotatable bonds is 5. The Labute approximate surface area is 173 Å². The number of halogens is 1. The van der Waals surface area contributed by atoms with Crippen molar-refractivity contribution in [3.8, 4) is 17.2 Å². The summed E-state index contributed by atoms with van der Waals surface area (Å²) in [5.74, 6) is -0.525. The molecule has 0 unspecified atom stereocenters. The zero-order chi connectivity index (χ0) is 20.5. The zero-order valence-corrected chi connectivity index (χ0v) is 17.2. The quantitative estimate of drug-likeness (QED) is 0.667. The third-order valence-corrected chi connectivity index (χ3v) is 6.68. The van der Waals surface area contributed by atoms with Crippen LogP contribution in [-0.2, 0) is 6.42 Å². The fourth-order valence-corrected chi connectivity index (χ4v) is 5.30. The van der Waals surface area contributed by atoms with Crippen LogP contribution in [0.15, 0.2) is 48.5 Å². The fourth-order valence-electron chi connectivity index (χ4n) is 4.21. The van der Waals surface area contributed by atoms with E-state index < -0.39 is 6.04 Å². The van der Waals surface area contributed by atoms with Crippen LogP contribution in [0.4, 0.5) is 9.52 Å². The van der Waals surface area contributed by atoms with Gasteiger partial charge in [0.25, 0.3) is 0 Å². The van der Waals surface area contributed by atoms with Crippen molar-refractivity contribution >= 4 is 16.5 Å². The molecule has 0 bridgehead atoms. The molecule has 2 aromatic carbocycles. The third kappa shape index (κ3) is 3.21. The van der Waals surface area contributed by atoms with Crippen LogP contribution in [0.25, 0.3) is 11.1 Å². The van der Waals surface area contributed by atoms with Crippen LogP contribution in [0.2, 0.25) is 0 Å². The summed E-state index contributed by atoms with van der Waals surface area (Å²) in [6.07, 6.45) is 0.830. The molecule has 148 valence electrons. The Kier molecular flexibility index (Phi) is 5.35. The number of anilines is 1. The lowest BCUT2D eigenvalue weighted by molar-refractivity contribution is 0.188. The number of nitrogens with zero attached hydrogens (tertiary/aromatic N) is 3. The number of thiazole rings is 1. The smallest absolute Gasteiger partial charge is 0.187 e. The normalized spacial score (nSPS) is 20.9. The van der Waals surface area contributed by atoms with E-state index in [1.165, 1.54) is 6.07 Å². The number of hydrogen-bond donors (Lipinski definition) is 1. The molecular formula is C23H22FN3OS. The molecule has 0 amide bonds. The molecule has 29 heavy (non-hydrogen) atoms. The van der Waals surface area contributed by atoms with E-state index in [1.54, 1.807) is 29.5 Å². The number of aryl methyl sites for hydroxylation is 2. The number of aliphatic hydroxyl groups excluding tert-OH is 1. The highest BCUT2D eigenvalue weighted by Crippen LogP contribution is 2.47. The van der Waals surface area contributed by atoms with E-state index in [4.69, 9.17) is 4.98 Å². The standard InChI is InChI=1S/C23H22FN3OS/c1-3-19-14(2)29-23(26-19)27-20(12-25)22(21(27)13-28)17-10-5-4-8-15(17)16-9-6-7-11-18(16)24/h4-11,20-22,28H,3,13H2,1-2H3/t20-,21+,22+/m1/s1. The van der Waals surface area contributed by atoms with E-state index in [1.807, 2.05) is 36.1 Å². The summed E-state index contributed by atoms with van der Waals surface area (Å²) < 4.78 is 14.5. The molecule has 6 heteroatoms. The summed E-state index contributed by atoms with van der Waals surface area (Å²) in [6, 6.07) is 15.9. The van der Waals surface area contributed by atoms with Crippen LogP contribution in [-0.4, -0.2) is 28.8 Å². The SMILES string of the molecule is CCc1nc(N2[C@H](C#N)[C@H](c3ccccc3-c3ccccc3F)[C@@H]2CO)sc1C. The summed E-state index contributed by atoms with van der Waals surface area (Å²) in [5, 5.41) is 20.9. The van der Waals surface area contributed by atoms with Crippen molar-refractivity contribution in [2.24, 2.45) is 0 Å². The summed E-state index contributed by atoms with van der Waals surface area (Å²) in [7, 11) is 0. The topological polar surface area (TPSA) is 60.2 Å². The molecule has 1 aromatic heterocycles. The molecule has 2 heterocycles. The molecule has 0 saturated carbocycles. The predicted octanol–water partition coefficient (Wildman–Crippen LogP) is 4.68. The monoisotopic (exact) mass is 407 g/mol. The number of benzene rings is 2. The predicted molar refractivity (Wildman–Crippen MR) is 114 cm³/mol. The molecule has 1 aliphatic rings. The number of hydrogen-bond acceptors (Lipinski definition) is 5. The second-order valence-corrected chi connectivity index (χ2v) is 8.36. The van der Waals surface area contributed by atoms with E-state index in [0.29, 0.717) is 5.56 Å². The van der Waals surface area contributed by atoms with Gasteiger partial charge in [-0.05, 0) is 30.5 Å². The van der Waals surface area contributed by atoms with Crippen molar-refractivity contribution in [3.05, 3.63) is 70.5 Å². The Morgan fingerprint density at radius 3 is 2.48 bits per heavy atom. The highest BCUT2D eigenvalue weighted by Gasteiger charge is 2.51. The van der Waals surface area contributed by atoms with Crippen molar-refractivity contribution in [2.75, 3.05) is 11.5 Å². The molecule has 1 saturated heterocycles. The molecule has 1 fully saturated rings. The molecule has 3 atom stereocenters. The second kappa shape index (κ2) is 7.94. The Balaban J connectivity index is 1.77. The van der Waals surface area contributed by atoms with E-state index in [0.717, 1.165) is 33.3 Å². The van der Waals surface area contributed by atoms with Crippen LogP contribution < -0.4 is 4.90 Å². The zero-order valence-electron chi connectivity index (χ0n) is 16.3. The minimum atomic E-state index is -0.463. The van der Waals surface area contributed by atoms with Gasteiger partial charge in [-0.15, -0.1) is 11.3 Å². The van der Waals surface area contributed by atoms with Gasteiger partial charge in [0, 0.05) is 16.4 Å². The molecule has 0 radical (unpaired) electrons. The first kappa shape index (κ1) is 19.6. The molecule has 1 aliphatic heterocycles. The van der Waals surface area contributed by atoms with Crippen LogP contribution in [0.5, 0.6) is 0 Å². The Morgan fingerprint density at radius 1 is 1.17 bits per heavy atom. The summed E-state index contributed by atoms with van der Waals surface area (Å²) >= 11 is 1.55. The molecule has 3 aromatic rings. The minimum Gasteiger partial charge on any atom is -0.394 e. The van der Waals surface area contributed by atoms with Crippen molar-refractivity contribution in [3.63, 3.8) is 0 Å². The van der Waals surface area contributed by atoms with Crippen molar-refractivity contribution in [2.45, 2.75) is 38.3 Å². The Hall–Kier alpha value is -2.75. The van der Waals surface area contributed by atoms with Gasteiger partial charge in [-0.1, -0.05) is 49.4 Å². The number of nitriles is 1. The van der Waals surface area contributed by atoms with Crippen molar-refractivity contribution < 1.29 is 9.50 Å². The summed E-state index contributed by atoms with van der Waals surface area (Å²) in [4.78, 5) is 7.74. The highest BCUT2D eigenvalue weighted by atomic mass is 32.1. The largest absolute Gasteiger partial charge is 0.394 e. The first-order valence-electron chi connectivity index (χ1n) is 9.69. The van der Waals surface area contributed by atoms with E-state index in [9.17, 15) is 14.8 Å². The van der Waals surface area contributed by atoms with Gasteiger partial charge < -0.3 is 10.0 Å². The van der Waals surface area contributed by atoms with Crippen LogP contribution in [0, 0.1) is 24.1 Å². The van der Waals surface area contributed by atoms with Gasteiger partial charge in [-0.2, -0.15) is 5.26 Å². The molecule has 4 rings (SSSR count). The van der Waals surface area contributed by atoms with Gasteiger partial charge in [0.15, 0.2) is 5.13 Å². The molecular weight excluding hydrogens is 385 g/mol. The maximum Gasteiger partial charge on any atom is 0.187 e. The fraction of sp³-hybridized carbons (Fsp3) is 0.304. The Bertz CT molecular complexity index is 1070. The van der Waals surface area contributed by atoms with Crippen molar-refractivity contribution in [1.29, 1.82) is 5.26 Å². The maximum atomic E-state index is 14.5. The average molecular weight is 408 g/mol. The van der Waals surface area contributed by atoms with Gasteiger partial charge in [0.1, 0.15) is 11.9 Å². The first-order valence-corrected chi connectivity index (χ1v) is 10.5. The lowest BCUT2D eigenvalue weighted by Crippen LogP contribution is -2.63. The van der Waals surface area contributed by atoms with Crippen LogP contribution in [0.3, 0.4) is 0 Å². The minimum absolute atomic E-state index is 0.103. The average Bonchev–Trinajstić information content (AvgIpc) is 3.08. The molecule has 0 spiro atoms. The highest BCUT2D eigenvalue weighted by molar-refractivity contribution is 7.15. The van der Waals surface area contributed by atoms with Gasteiger partial charge >= 0.3 is 0 Å². The maximum absolute atomic E-state index is 14.5. The molecule has 0 aliphatic carbocycles. The molecule has 1 N–H and O–H groups in total. The second-order valence-electron chi connectivity index (χ2n) is 7.18. The van der Waals surface area contributed by atoms with Crippen LogP contribution in [0.1, 0.15) is 29.0 Å². The first-order chi connectivity index (χ1) is 14.1. The third-order valence-electron chi connectivity index (χ3n) is 5.65. The van der Waals surface area contributed by atoms with Crippen LogP contribution >= 0.6 is 11.3 Å². The lowest BCUT2D eigenvalue weighted by atomic mass is 9.74. The number of aliphatic hydroxyl groups is 1. The van der Waals surface area contributed by atoms with E-state index in [2.05, 4.69) is 13.0 Å².